The molecule has 13 heavy (non-hydrogen) atoms. The molecular weight excluding hydrogens is 166 g/mol. The Balaban J connectivity index is 2.73. The van der Waals surface area contributed by atoms with Crippen LogP contribution in [0.2, 0.25) is 0 Å². The average Bonchev–Trinajstić information content (AvgIpc) is 2.04. The summed E-state index contributed by atoms with van der Waals surface area (Å²) in [5.41, 5.74) is 8.26. The Morgan fingerprint density at radius 1 is 1.46 bits per heavy atom. The van der Waals surface area contributed by atoms with E-state index >= 15 is 0 Å². The Hall–Kier alpha value is -1.15. The lowest BCUT2D eigenvalue weighted by Gasteiger charge is -2.37. The van der Waals surface area contributed by atoms with Crippen molar-refractivity contribution in [1.29, 1.82) is 0 Å². The molecule has 4 heteroatoms. The van der Waals surface area contributed by atoms with Crippen LogP contribution in [0.25, 0.3) is 5.53 Å². The molecule has 0 aromatic carbocycles. The van der Waals surface area contributed by atoms with Gasteiger partial charge < -0.3 is 10.4 Å². The van der Waals surface area contributed by atoms with Crippen molar-refractivity contribution in [2.45, 2.75) is 45.2 Å². The average molecular weight is 181 g/mol. The fraction of sp³-hybridized carbons (Fsp3) is 0.778. The molecular formula is C9H15N3O. The molecule has 0 aromatic rings. The quantitative estimate of drug-likeness (QED) is 0.339. The standard InChI is InChI=1S/C9H15N3O/c1-7-4-3-5-8(2)12(7)9(13)6-11-10/h6-8H,3-5H2,1-2H3/t7-,8+. The molecule has 1 rings (SSSR count). The van der Waals surface area contributed by atoms with Crippen molar-refractivity contribution >= 4 is 12.1 Å². The van der Waals surface area contributed by atoms with E-state index in [0.29, 0.717) is 0 Å². The van der Waals surface area contributed by atoms with Gasteiger partial charge in [-0.1, -0.05) is 0 Å². The number of amides is 1. The lowest BCUT2D eigenvalue weighted by molar-refractivity contribution is -0.133. The van der Waals surface area contributed by atoms with E-state index in [2.05, 4.69) is 4.79 Å². The second kappa shape index (κ2) is 4.19. The summed E-state index contributed by atoms with van der Waals surface area (Å²) in [5, 5.41) is 0. The summed E-state index contributed by atoms with van der Waals surface area (Å²) >= 11 is 0. The summed E-state index contributed by atoms with van der Waals surface area (Å²) in [6, 6.07) is 0.517. The summed E-state index contributed by atoms with van der Waals surface area (Å²) in [4.78, 5) is 16.0. The highest BCUT2D eigenvalue weighted by Crippen LogP contribution is 2.21. The minimum absolute atomic E-state index is 0.192. The number of hydrogen-bond donors (Lipinski definition) is 0. The van der Waals surface area contributed by atoms with Gasteiger partial charge in [-0.2, -0.15) is 4.79 Å². The molecule has 1 aliphatic rings. The summed E-state index contributed by atoms with van der Waals surface area (Å²) in [6.07, 6.45) is 4.21. The summed E-state index contributed by atoms with van der Waals surface area (Å²) in [5.74, 6) is -0.192. The molecule has 0 aliphatic carbocycles. The second-order valence-corrected chi connectivity index (χ2v) is 3.62. The van der Waals surface area contributed by atoms with E-state index in [4.69, 9.17) is 5.53 Å². The van der Waals surface area contributed by atoms with Crippen LogP contribution < -0.4 is 0 Å². The van der Waals surface area contributed by atoms with Crippen molar-refractivity contribution in [3.63, 3.8) is 0 Å². The molecule has 0 aromatic heterocycles. The van der Waals surface area contributed by atoms with E-state index in [1.54, 1.807) is 4.90 Å². The van der Waals surface area contributed by atoms with Crippen molar-refractivity contribution in [2.75, 3.05) is 0 Å². The van der Waals surface area contributed by atoms with Crippen molar-refractivity contribution in [3.05, 3.63) is 5.53 Å². The monoisotopic (exact) mass is 181 g/mol. The van der Waals surface area contributed by atoms with Crippen LogP contribution in [0.3, 0.4) is 0 Å². The van der Waals surface area contributed by atoms with Gasteiger partial charge in [0, 0.05) is 12.1 Å². The molecule has 0 unspecified atom stereocenters. The largest absolute Gasteiger partial charge is 0.361 e. The van der Waals surface area contributed by atoms with Crippen LogP contribution in [0.5, 0.6) is 0 Å². The molecule has 4 nitrogen and oxygen atoms in total. The first kappa shape index (κ1) is 9.93. The predicted octanol–water partition coefficient (Wildman–Crippen LogP) is 1.08. The lowest BCUT2D eigenvalue weighted by atomic mass is 9.97. The number of likely N-dealkylation sites (tertiary alicyclic amines) is 1. The molecule has 0 N–H and O–H groups in total. The Kier molecular flexibility index (Phi) is 3.20. The van der Waals surface area contributed by atoms with Crippen LogP contribution in [0.4, 0.5) is 0 Å². The smallest absolute Gasteiger partial charge is 0.344 e. The van der Waals surface area contributed by atoms with Gasteiger partial charge in [-0.15, -0.1) is 0 Å². The maximum Gasteiger partial charge on any atom is 0.344 e. The molecule has 1 aliphatic heterocycles. The number of rotatable bonds is 1. The van der Waals surface area contributed by atoms with Crippen LogP contribution in [-0.2, 0) is 4.79 Å². The highest BCUT2D eigenvalue weighted by Gasteiger charge is 2.29. The van der Waals surface area contributed by atoms with Gasteiger partial charge in [0.15, 0.2) is 0 Å². The normalized spacial score (nSPS) is 28.0. The molecule has 72 valence electrons. The van der Waals surface area contributed by atoms with Crippen LogP contribution in [0.1, 0.15) is 33.1 Å². The van der Waals surface area contributed by atoms with E-state index in [9.17, 15) is 4.79 Å². The SMILES string of the molecule is C[C@@H]1CCC[C@H](C)N1C(=O)C=[N+]=[N-]. The van der Waals surface area contributed by atoms with Crippen molar-refractivity contribution in [1.82, 2.24) is 4.90 Å². The van der Waals surface area contributed by atoms with Crippen LogP contribution in [0.15, 0.2) is 0 Å². The number of piperidine rings is 1. The molecule has 0 saturated carbocycles. The highest BCUT2D eigenvalue weighted by atomic mass is 16.2. The third-order valence-corrected chi connectivity index (χ3v) is 2.62. The van der Waals surface area contributed by atoms with Gasteiger partial charge in [-0.05, 0) is 33.1 Å². The van der Waals surface area contributed by atoms with Crippen LogP contribution in [-0.4, -0.2) is 33.9 Å². The first-order valence-electron chi connectivity index (χ1n) is 4.66. The molecule has 2 atom stereocenters. The van der Waals surface area contributed by atoms with Crippen molar-refractivity contribution in [2.24, 2.45) is 0 Å². The lowest BCUT2D eigenvalue weighted by Crippen LogP contribution is -2.48. The van der Waals surface area contributed by atoms with Crippen molar-refractivity contribution < 1.29 is 9.58 Å². The Morgan fingerprint density at radius 2 is 2.00 bits per heavy atom. The number of carbonyl (C=O) groups is 1. The van der Waals surface area contributed by atoms with Crippen LogP contribution in [0, 0.1) is 0 Å². The summed E-state index contributed by atoms with van der Waals surface area (Å²) in [6.45, 7) is 4.05. The van der Waals surface area contributed by atoms with E-state index in [-0.39, 0.29) is 18.0 Å². The number of carbonyl (C=O) groups excluding carboxylic acids is 1. The van der Waals surface area contributed by atoms with Gasteiger partial charge >= 0.3 is 12.1 Å². The molecule has 1 amide bonds. The fourth-order valence-electron chi connectivity index (χ4n) is 1.97. The van der Waals surface area contributed by atoms with Gasteiger partial charge in [-0.3, -0.25) is 4.79 Å². The van der Waals surface area contributed by atoms with Gasteiger partial charge in [0.25, 0.3) is 0 Å². The van der Waals surface area contributed by atoms with E-state index in [1.807, 2.05) is 13.8 Å². The third kappa shape index (κ3) is 2.16. The highest BCUT2D eigenvalue weighted by molar-refractivity contribution is 6.24. The number of nitrogens with zero attached hydrogens (tertiary/aromatic N) is 3. The Labute approximate surface area is 78.2 Å². The zero-order valence-corrected chi connectivity index (χ0v) is 8.10. The zero-order chi connectivity index (χ0) is 9.84. The molecule has 0 spiro atoms. The van der Waals surface area contributed by atoms with E-state index in [0.717, 1.165) is 19.1 Å². The van der Waals surface area contributed by atoms with Gasteiger partial charge in [0.1, 0.15) is 0 Å². The minimum Gasteiger partial charge on any atom is -0.361 e. The zero-order valence-electron chi connectivity index (χ0n) is 8.10. The Bertz CT molecular complexity index is 235. The van der Waals surface area contributed by atoms with Gasteiger partial charge in [0.2, 0.25) is 0 Å². The predicted molar refractivity (Wildman–Crippen MR) is 49.3 cm³/mol. The third-order valence-electron chi connectivity index (χ3n) is 2.62. The maximum atomic E-state index is 11.4. The van der Waals surface area contributed by atoms with E-state index < -0.39 is 0 Å². The second-order valence-electron chi connectivity index (χ2n) is 3.62. The Morgan fingerprint density at radius 3 is 2.46 bits per heavy atom. The molecule has 0 radical (unpaired) electrons. The summed E-state index contributed by atoms with van der Waals surface area (Å²) in [7, 11) is 0. The van der Waals surface area contributed by atoms with Crippen molar-refractivity contribution in [3.8, 4) is 0 Å². The molecule has 1 heterocycles. The van der Waals surface area contributed by atoms with Crippen LogP contribution >= 0.6 is 0 Å². The minimum atomic E-state index is -0.192. The molecule has 0 bridgehead atoms. The molecule has 1 saturated heterocycles. The maximum absolute atomic E-state index is 11.4. The number of hydrogen-bond acceptors (Lipinski definition) is 1. The first-order valence-corrected chi connectivity index (χ1v) is 4.66. The first-order chi connectivity index (χ1) is 6.16. The molecule has 1 fully saturated rings. The fourth-order valence-corrected chi connectivity index (χ4v) is 1.97. The summed E-state index contributed by atoms with van der Waals surface area (Å²) < 4.78 is 0. The topological polar surface area (TPSA) is 56.7 Å². The van der Waals surface area contributed by atoms with E-state index in [1.165, 1.54) is 6.42 Å². The van der Waals surface area contributed by atoms with Gasteiger partial charge in [-0.25, -0.2) is 0 Å². The van der Waals surface area contributed by atoms with Gasteiger partial charge in [0.05, 0.1) is 0 Å².